The molecule has 0 bridgehead atoms. The maximum Gasteiger partial charge on any atom is -0.00160 e. The summed E-state index contributed by atoms with van der Waals surface area (Å²) >= 11 is 0. The van der Waals surface area contributed by atoms with Crippen molar-refractivity contribution < 1.29 is 0 Å². The molecule has 0 radical (unpaired) electrons. The second-order valence-corrected chi connectivity index (χ2v) is 3.16. The summed E-state index contributed by atoms with van der Waals surface area (Å²) in [5.41, 5.74) is 5.52. The van der Waals surface area contributed by atoms with Crippen LogP contribution in [0.1, 0.15) is 27.2 Å². The summed E-state index contributed by atoms with van der Waals surface area (Å²) in [6.45, 7) is 11.0. The summed E-state index contributed by atoms with van der Waals surface area (Å²) in [5.74, 6) is 0.676. The Morgan fingerprint density at radius 3 is 2.18 bits per heavy atom. The number of nitrogens with two attached hydrogens (primary N) is 1. The first-order chi connectivity index (χ1) is 5.24. The lowest BCUT2D eigenvalue weighted by Gasteiger charge is -2.19. The Kier molecular flexibility index (Phi) is 6.57. The van der Waals surface area contributed by atoms with Gasteiger partial charge in [-0.15, -0.1) is 0 Å². The molecule has 1 atom stereocenters. The largest absolute Gasteiger partial charge is 0.330 e. The summed E-state index contributed by atoms with van der Waals surface area (Å²) in [7, 11) is 0. The van der Waals surface area contributed by atoms with Crippen LogP contribution in [-0.4, -0.2) is 31.1 Å². The smallest absolute Gasteiger partial charge is 0.00160 e. The van der Waals surface area contributed by atoms with Crippen molar-refractivity contribution in [2.24, 2.45) is 11.7 Å². The highest BCUT2D eigenvalue weighted by atomic mass is 15.1. The first kappa shape index (κ1) is 10.9. The molecule has 0 saturated heterocycles. The molecule has 0 aromatic rings. The monoisotopic (exact) mass is 158 g/mol. The summed E-state index contributed by atoms with van der Waals surface area (Å²) in [6, 6.07) is 0. The topological polar surface area (TPSA) is 29.3 Å². The van der Waals surface area contributed by atoms with Gasteiger partial charge in [-0.05, 0) is 38.5 Å². The Morgan fingerprint density at radius 1 is 1.27 bits per heavy atom. The van der Waals surface area contributed by atoms with Crippen LogP contribution < -0.4 is 5.73 Å². The van der Waals surface area contributed by atoms with Crippen molar-refractivity contribution in [2.45, 2.75) is 27.2 Å². The molecular weight excluding hydrogens is 136 g/mol. The average molecular weight is 158 g/mol. The highest BCUT2D eigenvalue weighted by molar-refractivity contribution is 4.58. The summed E-state index contributed by atoms with van der Waals surface area (Å²) in [4.78, 5) is 2.44. The number of nitrogens with zero attached hydrogens (tertiary/aromatic N) is 1. The zero-order valence-corrected chi connectivity index (χ0v) is 8.14. The summed E-state index contributed by atoms with van der Waals surface area (Å²) < 4.78 is 0. The van der Waals surface area contributed by atoms with Crippen LogP contribution in [-0.2, 0) is 0 Å². The molecule has 0 amide bonds. The maximum absolute atomic E-state index is 5.52. The van der Waals surface area contributed by atoms with Gasteiger partial charge in [0.15, 0.2) is 0 Å². The number of hydrogen-bond donors (Lipinski definition) is 1. The molecule has 0 fully saturated rings. The molecule has 0 heterocycles. The molecule has 68 valence electrons. The molecule has 0 spiro atoms. The molecule has 0 aliphatic carbocycles. The third-order valence-electron chi connectivity index (χ3n) is 2.23. The second kappa shape index (κ2) is 6.62. The molecule has 0 rings (SSSR count). The lowest BCUT2D eigenvalue weighted by molar-refractivity contribution is 0.281. The third-order valence-corrected chi connectivity index (χ3v) is 2.23. The molecule has 0 saturated carbocycles. The van der Waals surface area contributed by atoms with Gasteiger partial charge in [-0.3, -0.25) is 0 Å². The summed E-state index contributed by atoms with van der Waals surface area (Å²) in [6.07, 6.45) is 1.23. The Bertz CT molecular complexity index is 79.6. The highest BCUT2D eigenvalue weighted by Gasteiger charge is 2.02. The van der Waals surface area contributed by atoms with Gasteiger partial charge in [-0.25, -0.2) is 0 Å². The van der Waals surface area contributed by atoms with Crippen LogP contribution >= 0.6 is 0 Å². The lowest BCUT2D eigenvalue weighted by Crippen LogP contribution is -2.26. The minimum Gasteiger partial charge on any atom is -0.330 e. The van der Waals surface area contributed by atoms with Gasteiger partial charge in [-0.2, -0.15) is 0 Å². The fraction of sp³-hybridized carbons (Fsp3) is 1.00. The molecule has 1 unspecified atom stereocenters. The normalized spacial score (nSPS) is 13.9. The molecule has 0 aromatic heterocycles. The van der Waals surface area contributed by atoms with E-state index >= 15 is 0 Å². The SMILES string of the molecule is CCN(CC)CCC(C)CN. The Balaban J connectivity index is 3.34. The Hall–Kier alpha value is -0.0800. The van der Waals surface area contributed by atoms with Crippen molar-refractivity contribution in [1.82, 2.24) is 4.90 Å². The maximum atomic E-state index is 5.52. The quantitative estimate of drug-likeness (QED) is 0.631. The van der Waals surface area contributed by atoms with Crippen LogP contribution in [0, 0.1) is 5.92 Å². The number of rotatable bonds is 6. The van der Waals surface area contributed by atoms with Gasteiger partial charge in [0.05, 0.1) is 0 Å². The first-order valence-electron chi connectivity index (χ1n) is 4.66. The van der Waals surface area contributed by atoms with Gasteiger partial charge in [-0.1, -0.05) is 20.8 Å². The van der Waals surface area contributed by atoms with Crippen molar-refractivity contribution in [2.75, 3.05) is 26.2 Å². The first-order valence-corrected chi connectivity index (χ1v) is 4.66. The molecule has 11 heavy (non-hydrogen) atoms. The summed E-state index contributed by atoms with van der Waals surface area (Å²) in [5, 5.41) is 0. The zero-order valence-electron chi connectivity index (χ0n) is 8.14. The molecule has 2 N–H and O–H groups in total. The van der Waals surface area contributed by atoms with Gasteiger partial charge < -0.3 is 10.6 Å². The van der Waals surface area contributed by atoms with Crippen molar-refractivity contribution in [3.63, 3.8) is 0 Å². The predicted octanol–water partition coefficient (Wildman–Crippen LogP) is 1.31. The Morgan fingerprint density at radius 2 is 1.82 bits per heavy atom. The minimum atomic E-state index is 0.676. The second-order valence-electron chi connectivity index (χ2n) is 3.16. The van der Waals surface area contributed by atoms with Crippen LogP contribution in [0.25, 0.3) is 0 Å². The van der Waals surface area contributed by atoms with E-state index in [0.717, 1.165) is 19.6 Å². The zero-order chi connectivity index (χ0) is 8.69. The van der Waals surface area contributed by atoms with Crippen LogP contribution in [0.5, 0.6) is 0 Å². The molecule has 0 aliphatic rings. The van der Waals surface area contributed by atoms with E-state index in [2.05, 4.69) is 25.7 Å². The van der Waals surface area contributed by atoms with Crippen LogP contribution in [0.3, 0.4) is 0 Å². The van der Waals surface area contributed by atoms with E-state index in [9.17, 15) is 0 Å². The van der Waals surface area contributed by atoms with Crippen molar-refractivity contribution in [1.29, 1.82) is 0 Å². The van der Waals surface area contributed by atoms with E-state index in [1.54, 1.807) is 0 Å². The lowest BCUT2D eigenvalue weighted by atomic mass is 10.1. The van der Waals surface area contributed by atoms with E-state index in [1.807, 2.05) is 0 Å². The molecule has 2 heteroatoms. The minimum absolute atomic E-state index is 0.676. The van der Waals surface area contributed by atoms with Gasteiger partial charge in [0.1, 0.15) is 0 Å². The Labute approximate surface area is 70.8 Å². The average Bonchev–Trinajstić information content (AvgIpc) is 2.06. The standard InChI is InChI=1S/C9H22N2/c1-4-11(5-2)7-6-9(3)8-10/h9H,4-8,10H2,1-3H3. The molecule has 2 nitrogen and oxygen atoms in total. The number of hydrogen-bond acceptors (Lipinski definition) is 2. The van der Waals surface area contributed by atoms with Crippen LogP contribution in [0.2, 0.25) is 0 Å². The van der Waals surface area contributed by atoms with Crippen molar-refractivity contribution in [3.05, 3.63) is 0 Å². The van der Waals surface area contributed by atoms with Crippen molar-refractivity contribution in [3.8, 4) is 0 Å². The van der Waals surface area contributed by atoms with E-state index in [1.165, 1.54) is 13.0 Å². The van der Waals surface area contributed by atoms with Crippen LogP contribution in [0.4, 0.5) is 0 Å². The molecular formula is C9H22N2. The predicted molar refractivity (Wildman–Crippen MR) is 50.6 cm³/mol. The van der Waals surface area contributed by atoms with E-state index in [4.69, 9.17) is 5.73 Å². The molecule has 0 aromatic carbocycles. The van der Waals surface area contributed by atoms with Gasteiger partial charge in [0, 0.05) is 0 Å². The van der Waals surface area contributed by atoms with E-state index in [0.29, 0.717) is 5.92 Å². The fourth-order valence-corrected chi connectivity index (χ4v) is 1.06. The third kappa shape index (κ3) is 5.22. The van der Waals surface area contributed by atoms with Gasteiger partial charge in [0.2, 0.25) is 0 Å². The van der Waals surface area contributed by atoms with E-state index in [-0.39, 0.29) is 0 Å². The van der Waals surface area contributed by atoms with Gasteiger partial charge >= 0.3 is 0 Å². The van der Waals surface area contributed by atoms with Gasteiger partial charge in [0.25, 0.3) is 0 Å². The van der Waals surface area contributed by atoms with Crippen LogP contribution in [0.15, 0.2) is 0 Å². The highest BCUT2D eigenvalue weighted by Crippen LogP contribution is 2.00. The fourth-order valence-electron chi connectivity index (χ4n) is 1.06. The van der Waals surface area contributed by atoms with Crippen molar-refractivity contribution >= 4 is 0 Å². The molecule has 0 aliphatic heterocycles. The van der Waals surface area contributed by atoms with E-state index < -0.39 is 0 Å².